The topological polar surface area (TPSA) is 67.2 Å². The highest BCUT2D eigenvalue weighted by atomic mass is 16.3. The van der Waals surface area contributed by atoms with Gasteiger partial charge in [0.1, 0.15) is 5.82 Å². The molecule has 0 aliphatic carbocycles. The van der Waals surface area contributed by atoms with Crippen molar-refractivity contribution in [1.29, 1.82) is 0 Å². The zero-order chi connectivity index (χ0) is 10.6. The number of hydrogen-bond acceptors (Lipinski definition) is 3. The molecule has 0 spiro atoms. The summed E-state index contributed by atoms with van der Waals surface area (Å²) in [6.45, 7) is 1.66. The smallest absolute Gasteiger partial charge is 0.225 e. The number of aryl methyl sites for hydroxylation is 1. The number of carbonyl (C=O) groups is 1. The molecule has 1 aromatic heterocycles. The monoisotopic (exact) mass is 197 g/mol. The van der Waals surface area contributed by atoms with Gasteiger partial charge in [-0.25, -0.2) is 0 Å². The van der Waals surface area contributed by atoms with E-state index >= 15 is 0 Å². The summed E-state index contributed by atoms with van der Waals surface area (Å²) in [6.07, 6.45) is 1.98. The van der Waals surface area contributed by atoms with Crippen LogP contribution in [0.5, 0.6) is 0 Å². The Morgan fingerprint density at radius 3 is 3.00 bits per heavy atom. The number of aliphatic hydroxyl groups is 1. The number of aromatic nitrogens is 2. The second-order valence-electron chi connectivity index (χ2n) is 3.28. The minimum absolute atomic E-state index is 0.102. The van der Waals surface area contributed by atoms with E-state index in [9.17, 15) is 4.79 Å². The van der Waals surface area contributed by atoms with Crippen molar-refractivity contribution in [3.63, 3.8) is 0 Å². The van der Waals surface area contributed by atoms with Gasteiger partial charge in [0.05, 0.1) is 12.3 Å². The zero-order valence-electron chi connectivity index (χ0n) is 8.40. The molecule has 1 rings (SSSR count). The summed E-state index contributed by atoms with van der Waals surface area (Å²) < 4.78 is 1.58. The average molecular weight is 197 g/mol. The van der Waals surface area contributed by atoms with Crippen molar-refractivity contribution in [2.45, 2.75) is 25.9 Å². The van der Waals surface area contributed by atoms with Crippen LogP contribution in [-0.2, 0) is 11.8 Å². The Bertz CT molecular complexity index is 307. The van der Waals surface area contributed by atoms with Gasteiger partial charge in [0, 0.05) is 19.5 Å². The first-order valence-electron chi connectivity index (χ1n) is 4.55. The molecule has 2 N–H and O–H groups in total. The molecular formula is C9H15N3O2. The highest BCUT2D eigenvalue weighted by Crippen LogP contribution is 2.05. The fourth-order valence-corrected chi connectivity index (χ4v) is 1.04. The molecule has 78 valence electrons. The quantitative estimate of drug-likeness (QED) is 0.739. The van der Waals surface area contributed by atoms with Crippen LogP contribution in [0.25, 0.3) is 0 Å². The first-order valence-corrected chi connectivity index (χ1v) is 4.55. The molecule has 0 aliphatic heterocycles. The predicted octanol–water partition coefficient (Wildman–Crippen LogP) is 0.520. The van der Waals surface area contributed by atoms with E-state index in [0.717, 1.165) is 0 Å². The van der Waals surface area contributed by atoms with Crippen molar-refractivity contribution in [3.05, 3.63) is 12.3 Å². The van der Waals surface area contributed by atoms with Gasteiger partial charge >= 0.3 is 0 Å². The summed E-state index contributed by atoms with van der Waals surface area (Å²) in [5.41, 5.74) is 0. The Kier molecular flexibility index (Phi) is 3.64. The lowest BCUT2D eigenvalue weighted by Gasteiger charge is -2.06. The van der Waals surface area contributed by atoms with Gasteiger partial charge in [-0.1, -0.05) is 0 Å². The van der Waals surface area contributed by atoms with Gasteiger partial charge in [-0.15, -0.1) is 0 Å². The van der Waals surface area contributed by atoms with E-state index in [1.165, 1.54) is 0 Å². The highest BCUT2D eigenvalue weighted by Gasteiger charge is 2.06. The first kappa shape index (κ1) is 10.7. The summed E-state index contributed by atoms with van der Waals surface area (Å²) in [4.78, 5) is 11.3. The zero-order valence-corrected chi connectivity index (χ0v) is 8.40. The number of carbonyl (C=O) groups excluding carboxylic acids is 1. The molecule has 0 saturated carbocycles. The van der Waals surface area contributed by atoms with Crippen molar-refractivity contribution in [2.75, 3.05) is 5.32 Å². The van der Waals surface area contributed by atoms with Gasteiger partial charge in [0.25, 0.3) is 0 Å². The highest BCUT2D eigenvalue weighted by molar-refractivity contribution is 5.89. The Labute approximate surface area is 82.7 Å². The maximum Gasteiger partial charge on any atom is 0.225 e. The fraction of sp³-hybridized carbons (Fsp3) is 0.556. The largest absolute Gasteiger partial charge is 0.393 e. The van der Waals surface area contributed by atoms with Crippen LogP contribution in [0.3, 0.4) is 0 Å². The molecule has 1 aromatic rings. The molecule has 0 aliphatic rings. The van der Waals surface area contributed by atoms with Gasteiger partial charge in [-0.3, -0.25) is 9.48 Å². The maximum atomic E-state index is 11.3. The molecule has 0 aromatic carbocycles. The lowest BCUT2D eigenvalue weighted by molar-refractivity contribution is -0.116. The van der Waals surface area contributed by atoms with Gasteiger partial charge in [-0.05, 0) is 13.3 Å². The van der Waals surface area contributed by atoms with Crippen molar-refractivity contribution < 1.29 is 9.90 Å². The average Bonchev–Trinajstić information content (AvgIpc) is 2.49. The number of anilines is 1. The van der Waals surface area contributed by atoms with E-state index in [1.807, 2.05) is 0 Å². The van der Waals surface area contributed by atoms with Crippen molar-refractivity contribution in [3.8, 4) is 0 Å². The summed E-state index contributed by atoms with van der Waals surface area (Å²) in [5, 5.41) is 15.6. The predicted molar refractivity (Wildman–Crippen MR) is 52.8 cm³/mol. The van der Waals surface area contributed by atoms with Crippen LogP contribution < -0.4 is 5.32 Å². The van der Waals surface area contributed by atoms with E-state index in [0.29, 0.717) is 18.7 Å². The second kappa shape index (κ2) is 4.76. The molecule has 1 atom stereocenters. The molecular weight excluding hydrogens is 182 g/mol. The first-order chi connectivity index (χ1) is 6.59. The summed E-state index contributed by atoms with van der Waals surface area (Å²) in [6, 6.07) is 1.72. The second-order valence-corrected chi connectivity index (χ2v) is 3.28. The van der Waals surface area contributed by atoms with Crippen LogP contribution in [0.15, 0.2) is 12.3 Å². The van der Waals surface area contributed by atoms with Gasteiger partial charge in [-0.2, -0.15) is 5.10 Å². The lowest BCUT2D eigenvalue weighted by Crippen LogP contribution is -2.16. The minimum atomic E-state index is -0.438. The van der Waals surface area contributed by atoms with E-state index in [-0.39, 0.29) is 5.91 Å². The van der Waals surface area contributed by atoms with Crippen LogP contribution in [0.4, 0.5) is 5.82 Å². The van der Waals surface area contributed by atoms with E-state index in [2.05, 4.69) is 10.4 Å². The summed E-state index contributed by atoms with van der Waals surface area (Å²) >= 11 is 0. The SMILES string of the molecule is CC(O)CCC(=O)Nc1ccnn1C. The molecule has 1 amide bonds. The minimum Gasteiger partial charge on any atom is -0.393 e. The third-order valence-corrected chi connectivity index (χ3v) is 1.88. The Morgan fingerprint density at radius 1 is 1.79 bits per heavy atom. The molecule has 1 unspecified atom stereocenters. The molecule has 0 fully saturated rings. The van der Waals surface area contributed by atoms with Crippen molar-refractivity contribution >= 4 is 11.7 Å². The van der Waals surface area contributed by atoms with Crippen molar-refractivity contribution in [1.82, 2.24) is 9.78 Å². The number of hydrogen-bond donors (Lipinski definition) is 2. The normalized spacial score (nSPS) is 12.5. The number of aliphatic hydroxyl groups excluding tert-OH is 1. The number of nitrogens with one attached hydrogen (secondary N) is 1. The lowest BCUT2D eigenvalue weighted by atomic mass is 10.2. The third kappa shape index (κ3) is 3.18. The molecule has 0 saturated heterocycles. The maximum absolute atomic E-state index is 11.3. The summed E-state index contributed by atoms with van der Waals surface area (Å²) in [5.74, 6) is 0.565. The molecule has 5 nitrogen and oxygen atoms in total. The standard InChI is InChI=1S/C9H15N3O2/c1-7(13)3-4-9(14)11-8-5-6-10-12(8)2/h5-7,13H,3-4H2,1-2H3,(H,11,14). The van der Waals surface area contributed by atoms with Crippen molar-refractivity contribution in [2.24, 2.45) is 7.05 Å². The molecule has 0 bridgehead atoms. The van der Waals surface area contributed by atoms with E-state index in [4.69, 9.17) is 5.11 Å². The number of nitrogens with zero attached hydrogens (tertiary/aromatic N) is 2. The summed E-state index contributed by atoms with van der Waals surface area (Å²) in [7, 11) is 1.75. The van der Waals surface area contributed by atoms with Crippen LogP contribution in [0, 0.1) is 0 Å². The Morgan fingerprint density at radius 2 is 2.50 bits per heavy atom. The molecule has 14 heavy (non-hydrogen) atoms. The number of amides is 1. The molecule has 0 radical (unpaired) electrons. The molecule has 1 heterocycles. The van der Waals surface area contributed by atoms with E-state index < -0.39 is 6.10 Å². The van der Waals surface area contributed by atoms with Crippen LogP contribution >= 0.6 is 0 Å². The molecule has 5 heteroatoms. The fourth-order valence-electron chi connectivity index (χ4n) is 1.04. The van der Waals surface area contributed by atoms with Gasteiger partial charge < -0.3 is 10.4 Å². The Balaban J connectivity index is 2.38. The van der Waals surface area contributed by atoms with E-state index in [1.54, 1.807) is 30.9 Å². The van der Waals surface area contributed by atoms with Gasteiger partial charge in [0.15, 0.2) is 0 Å². The van der Waals surface area contributed by atoms with Crippen LogP contribution in [0.2, 0.25) is 0 Å². The number of rotatable bonds is 4. The Hall–Kier alpha value is -1.36. The van der Waals surface area contributed by atoms with Crippen LogP contribution in [0.1, 0.15) is 19.8 Å². The van der Waals surface area contributed by atoms with Gasteiger partial charge in [0.2, 0.25) is 5.91 Å². The van der Waals surface area contributed by atoms with Crippen LogP contribution in [-0.4, -0.2) is 26.9 Å². The third-order valence-electron chi connectivity index (χ3n) is 1.88.